The van der Waals surface area contributed by atoms with E-state index in [9.17, 15) is 9.90 Å². The van der Waals surface area contributed by atoms with Crippen molar-refractivity contribution in [2.24, 2.45) is 5.92 Å². The number of ether oxygens (including phenoxy) is 1. The van der Waals surface area contributed by atoms with Gasteiger partial charge in [0.05, 0.1) is 6.10 Å². The molecule has 0 bridgehead atoms. The fraction of sp³-hybridized carbons (Fsp3) is 0.533. The zero-order valence-electron chi connectivity index (χ0n) is 10.8. The molecule has 3 atom stereocenters. The summed E-state index contributed by atoms with van der Waals surface area (Å²) in [5, 5.41) is 10.1. The number of aliphatic hydroxyl groups excluding tert-OH is 1. The Bertz CT molecular complexity index is 419. The summed E-state index contributed by atoms with van der Waals surface area (Å²) in [5.41, 5.74) is 2.53. The minimum absolute atomic E-state index is 0.0919. The number of carbonyl (C=O) groups is 1. The van der Waals surface area contributed by atoms with Gasteiger partial charge in [-0.3, -0.25) is 0 Å². The smallest absolute Gasteiger partial charge is 0.334 e. The van der Waals surface area contributed by atoms with Crippen molar-refractivity contribution in [3.63, 3.8) is 0 Å². The van der Waals surface area contributed by atoms with Gasteiger partial charge in [0, 0.05) is 17.9 Å². The van der Waals surface area contributed by atoms with Crippen LogP contribution in [0.2, 0.25) is 0 Å². The average Bonchev–Trinajstić information content (AvgIpc) is 2.56. The molecule has 1 fully saturated rings. The van der Waals surface area contributed by atoms with Crippen LogP contribution in [-0.4, -0.2) is 23.3 Å². The molecule has 1 saturated heterocycles. The van der Waals surface area contributed by atoms with Crippen LogP contribution in [-0.2, 0) is 9.53 Å². The first kappa shape index (κ1) is 13.1. The molecular weight excluding hydrogens is 228 g/mol. The first-order chi connectivity index (χ1) is 8.49. The highest BCUT2D eigenvalue weighted by Gasteiger charge is 2.39. The van der Waals surface area contributed by atoms with Gasteiger partial charge in [-0.05, 0) is 31.8 Å². The molecule has 1 aliphatic carbocycles. The van der Waals surface area contributed by atoms with Crippen LogP contribution in [0.15, 0.2) is 36.0 Å². The maximum Gasteiger partial charge on any atom is 0.334 e. The molecule has 3 nitrogen and oxygen atoms in total. The van der Waals surface area contributed by atoms with Gasteiger partial charge in [0.25, 0.3) is 0 Å². The molecule has 0 radical (unpaired) electrons. The second kappa shape index (κ2) is 5.11. The molecule has 0 spiro atoms. The van der Waals surface area contributed by atoms with E-state index in [0.717, 1.165) is 24.8 Å². The van der Waals surface area contributed by atoms with Crippen molar-refractivity contribution in [3.05, 3.63) is 36.0 Å². The summed E-state index contributed by atoms with van der Waals surface area (Å²) in [6.45, 7) is 9.76. The molecule has 3 heteroatoms. The lowest BCUT2D eigenvalue weighted by molar-refractivity contribution is -0.139. The standard InChI is InChI=1S/C15H20O3/c1-9-5-4-6-10(2)13(16)8-12-11(3)15(17)18-14(12)7-9/h5,12-14,16H,2-4,6-8H2,1H3/b9-5-/t12-,13-,14+/m1/s1. The predicted molar refractivity (Wildman–Crippen MR) is 69.9 cm³/mol. The molecule has 1 N–H and O–H groups in total. The third kappa shape index (κ3) is 2.56. The van der Waals surface area contributed by atoms with Gasteiger partial charge in [-0.25, -0.2) is 4.79 Å². The van der Waals surface area contributed by atoms with Crippen LogP contribution in [0.3, 0.4) is 0 Å². The van der Waals surface area contributed by atoms with E-state index in [1.54, 1.807) is 0 Å². The summed E-state index contributed by atoms with van der Waals surface area (Å²) in [5.74, 6) is -0.416. The summed E-state index contributed by atoms with van der Waals surface area (Å²) in [6.07, 6.45) is 4.27. The quantitative estimate of drug-likeness (QED) is 0.407. The van der Waals surface area contributed by atoms with Crippen LogP contribution >= 0.6 is 0 Å². The summed E-state index contributed by atoms with van der Waals surface area (Å²) < 4.78 is 5.34. The van der Waals surface area contributed by atoms with E-state index in [-0.39, 0.29) is 18.0 Å². The van der Waals surface area contributed by atoms with Crippen LogP contribution < -0.4 is 0 Å². The Balaban J connectivity index is 2.25. The van der Waals surface area contributed by atoms with Gasteiger partial charge in [-0.15, -0.1) is 0 Å². The van der Waals surface area contributed by atoms with Crippen LogP contribution in [0.4, 0.5) is 0 Å². The van der Waals surface area contributed by atoms with E-state index in [0.29, 0.717) is 12.0 Å². The molecule has 0 aromatic rings. The summed E-state index contributed by atoms with van der Waals surface area (Å²) in [7, 11) is 0. The van der Waals surface area contributed by atoms with Gasteiger partial charge < -0.3 is 9.84 Å². The van der Waals surface area contributed by atoms with Crippen LogP contribution in [0.1, 0.15) is 32.6 Å². The van der Waals surface area contributed by atoms with Crippen molar-refractivity contribution in [3.8, 4) is 0 Å². The molecule has 0 amide bonds. The summed E-state index contributed by atoms with van der Waals surface area (Å²) in [6, 6.07) is 0. The van der Waals surface area contributed by atoms with E-state index < -0.39 is 6.10 Å². The number of hydrogen-bond donors (Lipinski definition) is 1. The fourth-order valence-electron chi connectivity index (χ4n) is 2.63. The molecule has 0 saturated carbocycles. The molecule has 1 aliphatic heterocycles. The lowest BCUT2D eigenvalue weighted by Crippen LogP contribution is -2.24. The van der Waals surface area contributed by atoms with Gasteiger partial charge in [-0.1, -0.05) is 24.8 Å². The number of hydrogen-bond acceptors (Lipinski definition) is 3. The minimum Gasteiger partial charge on any atom is -0.458 e. The lowest BCUT2D eigenvalue weighted by atomic mass is 9.84. The van der Waals surface area contributed by atoms with Crippen LogP contribution in [0, 0.1) is 5.92 Å². The third-order valence-corrected chi connectivity index (χ3v) is 3.85. The second-order valence-corrected chi connectivity index (χ2v) is 5.28. The topological polar surface area (TPSA) is 46.5 Å². The van der Waals surface area contributed by atoms with E-state index >= 15 is 0 Å². The third-order valence-electron chi connectivity index (χ3n) is 3.85. The van der Waals surface area contributed by atoms with Gasteiger partial charge in [-0.2, -0.15) is 0 Å². The average molecular weight is 248 g/mol. The Hall–Kier alpha value is -1.35. The molecule has 98 valence electrons. The number of esters is 1. The SMILES string of the molecule is C=C1CC/C=C(/C)C[C@@H]2OC(=O)C(=C)[C@H]2C[C@H]1O. The van der Waals surface area contributed by atoms with Crippen LogP contribution in [0.25, 0.3) is 0 Å². The Labute approximate surface area is 108 Å². The number of fused-ring (bicyclic) bond motifs is 1. The zero-order chi connectivity index (χ0) is 13.3. The van der Waals surface area contributed by atoms with E-state index in [4.69, 9.17) is 4.74 Å². The maximum absolute atomic E-state index is 11.6. The molecular formula is C15H20O3. The van der Waals surface area contributed by atoms with Gasteiger partial charge in [0.15, 0.2) is 0 Å². The van der Waals surface area contributed by atoms with Gasteiger partial charge in [0.2, 0.25) is 0 Å². The highest BCUT2D eigenvalue weighted by atomic mass is 16.6. The van der Waals surface area contributed by atoms with Crippen molar-refractivity contribution >= 4 is 5.97 Å². The molecule has 1 heterocycles. The molecule has 18 heavy (non-hydrogen) atoms. The molecule has 2 rings (SSSR count). The van der Waals surface area contributed by atoms with E-state index in [2.05, 4.69) is 19.2 Å². The van der Waals surface area contributed by atoms with E-state index in [1.807, 2.05) is 6.92 Å². The molecule has 0 aromatic carbocycles. The Morgan fingerprint density at radius 3 is 2.89 bits per heavy atom. The monoisotopic (exact) mass is 248 g/mol. The number of rotatable bonds is 0. The predicted octanol–water partition coefficient (Wildman–Crippen LogP) is 2.52. The normalized spacial score (nSPS) is 36.7. The van der Waals surface area contributed by atoms with Crippen molar-refractivity contribution in [1.29, 1.82) is 0 Å². The maximum atomic E-state index is 11.6. The minimum atomic E-state index is -0.574. The summed E-state index contributed by atoms with van der Waals surface area (Å²) in [4.78, 5) is 11.6. The Morgan fingerprint density at radius 2 is 2.17 bits per heavy atom. The fourth-order valence-corrected chi connectivity index (χ4v) is 2.63. The first-order valence-electron chi connectivity index (χ1n) is 6.40. The lowest BCUT2D eigenvalue weighted by Gasteiger charge is -2.23. The van der Waals surface area contributed by atoms with Crippen molar-refractivity contribution in [2.45, 2.75) is 44.8 Å². The molecule has 2 aliphatic rings. The van der Waals surface area contributed by atoms with Crippen molar-refractivity contribution in [2.75, 3.05) is 0 Å². The second-order valence-electron chi connectivity index (χ2n) is 5.28. The Kier molecular flexibility index (Phi) is 3.71. The van der Waals surface area contributed by atoms with Gasteiger partial charge >= 0.3 is 5.97 Å². The zero-order valence-corrected chi connectivity index (χ0v) is 10.8. The van der Waals surface area contributed by atoms with Gasteiger partial charge in [0.1, 0.15) is 6.10 Å². The van der Waals surface area contributed by atoms with Crippen LogP contribution in [0.5, 0.6) is 0 Å². The highest BCUT2D eigenvalue weighted by molar-refractivity contribution is 5.90. The van der Waals surface area contributed by atoms with E-state index in [1.165, 1.54) is 5.57 Å². The largest absolute Gasteiger partial charge is 0.458 e. The highest BCUT2D eigenvalue weighted by Crippen LogP contribution is 2.36. The number of allylic oxidation sites excluding steroid dienone is 1. The molecule has 0 unspecified atom stereocenters. The Morgan fingerprint density at radius 1 is 1.44 bits per heavy atom. The number of aliphatic hydroxyl groups is 1. The first-order valence-corrected chi connectivity index (χ1v) is 6.40. The number of carbonyl (C=O) groups excluding carboxylic acids is 1. The van der Waals surface area contributed by atoms with Crippen molar-refractivity contribution < 1.29 is 14.6 Å². The molecule has 0 aromatic heterocycles. The van der Waals surface area contributed by atoms with Crippen molar-refractivity contribution in [1.82, 2.24) is 0 Å². The summed E-state index contributed by atoms with van der Waals surface area (Å²) >= 11 is 0.